The zero-order chi connectivity index (χ0) is 23.1. The van der Waals surface area contributed by atoms with Gasteiger partial charge < -0.3 is 14.8 Å². The molecule has 4 aromatic rings. The minimum atomic E-state index is -0.246. The van der Waals surface area contributed by atoms with E-state index in [0.29, 0.717) is 36.8 Å². The van der Waals surface area contributed by atoms with Crippen LogP contribution in [0.4, 0.5) is 10.2 Å². The maximum Gasteiger partial charge on any atom is 0.214 e. The fourth-order valence-corrected chi connectivity index (χ4v) is 4.31. The van der Waals surface area contributed by atoms with E-state index in [1.165, 1.54) is 6.07 Å². The van der Waals surface area contributed by atoms with Crippen molar-refractivity contribution in [3.63, 3.8) is 0 Å². The number of halogens is 1. The Kier molecular flexibility index (Phi) is 5.36. The van der Waals surface area contributed by atoms with Crippen molar-refractivity contribution in [2.45, 2.75) is 39.8 Å². The summed E-state index contributed by atoms with van der Waals surface area (Å²) < 4.78 is 27.9. The number of aryl methyl sites for hydroxylation is 2. The van der Waals surface area contributed by atoms with Crippen LogP contribution in [0.1, 0.15) is 30.7 Å². The van der Waals surface area contributed by atoms with E-state index in [2.05, 4.69) is 20.4 Å². The van der Waals surface area contributed by atoms with E-state index in [1.54, 1.807) is 12.3 Å². The number of nitrogens with one attached hydrogen (secondary N) is 1. The van der Waals surface area contributed by atoms with E-state index in [0.717, 1.165) is 39.0 Å². The number of hydrogen-bond acceptors (Lipinski definition) is 6. The Hall–Kier alpha value is -3.68. The summed E-state index contributed by atoms with van der Waals surface area (Å²) in [7, 11) is 1.91. The second kappa shape index (κ2) is 8.35. The van der Waals surface area contributed by atoms with Gasteiger partial charge in [-0.1, -0.05) is 0 Å². The van der Waals surface area contributed by atoms with Gasteiger partial charge in [0.2, 0.25) is 5.88 Å². The largest absolute Gasteiger partial charge is 0.493 e. The number of anilines is 1. The maximum atomic E-state index is 14.6. The van der Waals surface area contributed by atoms with Crippen LogP contribution in [0, 0.1) is 12.7 Å². The first kappa shape index (κ1) is 21.2. The fourth-order valence-electron chi connectivity index (χ4n) is 4.31. The topological polar surface area (TPSA) is 74.1 Å². The molecule has 1 aliphatic rings. The normalized spacial score (nSPS) is 12.8. The summed E-state index contributed by atoms with van der Waals surface area (Å²) in [5.41, 5.74) is 4.32. The van der Waals surface area contributed by atoms with Crippen molar-refractivity contribution in [2.24, 2.45) is 7.05 Å². The second-order valence-electron chi connectivity index (χ2n) is 8.50. The fraction of sp³-hybridized carbons (Fsp3) is 0.320. The average molecular weight is 448 g/mol. The molecule has 0 saturated carbocycles. The molecule has 0 saturated heterocycles. The Morgan fingerprint density at radius 3 is 2.79 bits per heavy atom. The summed E-state index contributed by atoms with van der Waals surface area (Å²) in [5.74, 6) is 1.68. The molecule has 0 amide bonds. The highest BCUT2D eigenvalue weighted by Gasteiger charge is 2.20. The van der Waals surface area contributed by atoms with Crippen LogP contribution in [0.25, 0.3) is 22.0 Å². The molecule has 33 heavy (non-hydrogen) atoms. The third-order valence-corrected chi connectivity index (χ3v) is 5.75. The first-order valence-corrected chi connectivity index (χ1v) is 11.0. The van der Waals surface area contributed by atoms with Gasteiger partial charge in [-0.3, -0.25) is 4.68 Å². The van der Waals surface area contributed by atoms with Crippen LogP contribution >= 0.6 is 0 Å². The second-order valence-corrected chi connectivity index (χ2v) is 8.50. The van der Waals surface area contributed by atoms with Crippen LogP contribution in [0.15, 0.2) is 36.7 Å². The lowest BCUT2D eigenvalue weighted by molar-refractivity contribution is 0.233. The summed E-state index contributed by atoms with van der Waals surface area (Å²) >= 11 is 0. The molecule has 8 heteroatoms. The predicted octanol–water partition coefficient (Wildman–Crippen LogP) is 4.81. The van der Waals surface area contributed by atoms with E-state index in [1.807, 2.05) is 50.8 Å². The molecule has 0 unspecified atom stereocenters. The van der Waals surface area contributed by atoms with Gasteiger partial charge in [0.25, 0.3) is 0 Å². The van der Waals surface area contributed by atoms with Crippen molar-refractivity contribution in [2.75, 3.05) is 11.9 Å². The first-order chi connectivity index (χ1) is 15.9. The number of ether oxygens (including phenoxy) is 2. The van der Waals surface area contributed by atoms with Crippen molar-refractivity contribution in [1.82, 2.24) is 19.7 Å². The zero-order valence-corrected chi connectivity index (χ0v) is 19.1. The lowest BCUT2D eigenvalue weighted by Gasteiger charge is -2.15. The van der Waals surface area contributed by atoms with Crippen molar-refractivity contribution >= 4 is 16.6 Å². The standard InChI is InChI=1S/C25H26FN5O2/c1-14(2)33-24-10-17-19(22-9-15(3)30-31(22)4)12-29-25(20(17)13-27-24)28-11-18-16-7-8-32-23(16)6-5-21(18)26/h5-6,9-10,12-14H,7-8,11H2,1-4H3,(H,28,29). The summed E-state index contributed by atoms with van der Waals surface area (Å²) in [6, 6.07) is 7.10. The number of pyridine rings is 2. The van der Waals surface area contributed by atoms with Crippen LogP contribution < -0.4 is 14.8 Å². The summed E-state index contributed by atoms with van der Waals surface area (Å²) in [4.78, 5) is 9.16. The molecule has 0 fully saturated rings. The molecule has 5 rings (SSSR count). The molecule has 4 heterocycles. The maximum absolute atomic E-state index is 14.6. The van der Waals surface area contributed by atoms with Crippen LogP contribution in [-0.2, 0) is 20.0 Å². The van der Waals surface area contributed by atoms with Crippen LogP contribution in [0.3, 0.4) is 0 Å². The molecule has 1 aromatic carbocycles. The summed E-state index contributed by atoms with van der Waals surface area (Å²) in [5, 5.41) is 9.56. The van der Waals surface area contributed by atoms with E-state index >= 15 is 0 Å². The molecule has 0 atom stereocenters. The molecule has 7 nitrogen and oxygen atoms in total. The molecule has 0 spiro atoms. The summed E-state index contributed by atoms with van der Waals surface area (Å²) in [6.07, 6.45) is 4.27. The molecule has 0 aliphatic carbocycles. The van der Waals surface area contributed by atoms with Gasteiger partial charge in [-0.05, 0) is 39.0 Å². The lowest BCUT2D eigenvalue weighted by Crippen LogP contribution is -2.08. The third kappa shape index (κ3) is 3.97. The highest BCUT2D eigenvalue weighted by atomic mass is 19.1. The number of aromatic nitrogens is 4. The van der Waals surface area contributed by atoms with Gasteiger partial charge in [0.15, 0.2) is 0 Å². The number of nitrogens with zero attached hydrogens (tertiary/aromatic N) is 4. The monoisotopic (exact) mass is 447 g/mol. The predicted molar refractivity (Wildman–Crippen MR) is 125 cm³/mol. The minimum absolute atomic E-state index is 0.00199. The molecule has 0 bridgehead atoms. The smallest absolute Gasteiger partial charge is 0.214 e. The van der Waals surface area contributed by atoms with Crippen molar-refractivity contribution in [1.29, 1.82) is 0 Å². The van der Waals surface area contributed by atoms with Gasteiger partial charge in [0.1, 0.15) is 17.4 Å². The van der Waals surface area contributed by atoms with Gasteiger partial charge >= 0.3 is 0 Å². The van der Waals surface area contributed by atoms with E-state index < -0.39 is 0 Å². The third-order valence-electron chi connectivity index (χ3n) is 5.75. The Morgan fingerprint density at radius 2 is 2.03 bits per heavy atom. The SMILES string of the molecule is Cc1cc(-c2cnc(NCc3c(F)ccc4c3CCO4)c3cnc(OC(C)C)cc23)n(C)n1. The Labute approximate surface area is 191 Å². The highest BCUT2D eigenvalue weighted by Crippen LogP contribution is 2.35. The molecule has 0 radical (unpaired) electrons. The Morgan fingerprint density at radius 1 is 1.18 bits per heavy atom. The lowest BCUT2D eigenvalue weighted by atomic mass is 10.0. The van der Waals surface area contributed by atoms with Crippen molar-refractivity contribution in [3.05, 3.63) is 59.3 Å². The molecular weight excluding hydrogens is 421 g/mol. The van der Waals surface area contributed by atoms with Crippen LogP contribution in [0.5, 0.6) is 11.6 Å². The molecule has 1 N–H and O–H groups in total. The number of hydrogen-bond donors (Lipinski definition) is 1. The Balaban J connectivity index is 1.57. The van der Waals surface area contributed by atoms with Gasteiger partial charge in [-0.15, -0.1) is 0 Å². The quantitative estimate of drug-likeness (QED) is 0.457. The van der Waals surface area contributed by atoms with Gasteiger partial charge in [-0.25, -0.2) is 14.4 Å². The van der Waals surface area contributed by atoms with Crippen LogP contribution in [0.2, 0.25) is 0 Å². The van der Waals surface area contributed by atoms with Crippen molar-refractivity contribution < 1.29 is 13.9 Å². The first-order valence-electron chi connectivity index (χ1n) is 11.0. The van der Waals surface area contributed by atoms with Gasteiger partial charge in [-0.2, -0.15) is 5.10 Å². The molecule has 3 aromatic heterocycles. The van der Waals surface area contributed by atoms with Gasteiger partial charge in [0, 0.05) is 65.9 Å². The highest BCUT2D eigenvalue weighted by molar-refractivity contribution is 6.01. The summed E-state index contributed by atoms with van der Waals surface area (Å²) in [6.45, 7) is 6.77. The number of rotatable bonds is 6. The zero-order valence-electron chi connectivity index (χ0n) is 19.1. The molecular formula is C25H26FN5O2. The number of benzene rings is 1. The van der Waals surface area contributed by atoms with E-state index in [4.69, 9.17) is 9.47 Å². The number of fused-ring (bicyclic) bond motifs is 2. The van der Waals surface area contributed by atoms with Gasteiger partial charge in [0.05, 0.1) is 24.1 Å². The van der Waals surface area contributed by atoms with Crippen LogP contribution in [-0.4, -0.2) is 32.5 Å². The minimum Gasteiger partial charge on any atom is -0.493 e. The van der Waals surface area contributed by atoms with E-state index in [9.17, 15) is 4.39 Å². The average Bonchev–Trinajstić information content (AvgIpc) is 3.38. The molecule has 170 valence electrons. The molecule has 1 aliphatic heterocycles. The van der Waals surface area contributed by atoms with Crippen molar-refractivity contribution in [3.8, 4) is 22.9 Å². The Bertz CT molecular complexity index is 1350. The van der Waals surface area contributed by atoms with E-state index in [-0.39, 0.29) is 11.9 Å².